The number of benzene rings is 1. The Hall–Kier alpha value is -1.52. The Kier molecular flexibility index (Phi) is 3.44. The highest BCUT2D eigenvalue weighted by Gasteiger charge is 2.08. The molecule has 0 saturated carbocycles. The first-order valence-electron chi connectivity index (χ1n) is 5.86. The van der Waals surface area contributed by atoms with Crippen LogP contribution >= 0.6 is 27.3 Å². The van der Waals surface area contributed by atoms with Crippen LogP contribution in [0.1, 0.15) is 5.56 Å². The number of halogens is 1. The van der Waals surface area contributed by atoms with Crippen molar-refractivity contribution in [3.8, 4) is 21.8 Å². The van der Waals surface area contributed by atoms with Crippen LogP contribution in [0.15, 0.2) is 52.6 Å². The number of aromatic nitrogens is 2. The zero-order chi connectivity index (χ0) is 13.2. The third-order valence-electron chi connectivity index (χ3n) is 2.88. The van der Waals surface area contributed by atoms with Crippen molar-refractivity contribution in [1.82, 2.24) is 9.97 Å². The van der Waals surface area contributed by atoms with E-state index in [1.807, 2.05) is 30.6 Å². The lowest BCUT2D eigenvalue weighted by Crippen LogP contribution is -1.84. The van der Waals surface area contributed by atoms with Gasteiger partial charge < -0.3 is 0 Å². The number of aryl methyl sites for hydroxylation is 1. The van der Waals surface area contributed by atoms with Gasteiger partial charge in [-0.1, -0.05) is 28.1 Å². The van der Waals surface area contributed by atoms with Gasteiger partial charge in [0.1, 0.15) is 5.01 Å². The van der Waals surface area contributed by atoms with Gasteiger partial charge in [0, 0.05) is 33.4 Å². The van der Waals surface area contributed by atoms with Crippen LogP contribution in [0, 0.1) is 6.92 Å². The lowest BCUT2D eigenvalue weighted by Gasteiger charge is -2.00. The molecule has 0 atom stereocenters. The summed E-state index contributed by atoms with van der Waals surface area (Å²) in [6.07, 6.45) is 3.68. The molecule has 0 bridgehead atoms. The number of hydrogen-bond donors (Lipinski definition) is 0. The molecule has 0 fully saturated rings. The fraction of sp³-hybridized carbons (Fsp3) is 0.0667. The Morgan fingerprint density at radius 2 is 2.11 bits per heavy atom. The highest BCUT2D eigenvalue weighted by Crippen LogP contribution is 2.31. The summed E-state index contributed by atoms with van der Waals surface area (Å²) < 4.78 is 1.07. The fourth-order valence-electron chi connectivity index (χ4n) is 1.89. The molecule has 3 aromatic rings. The molecule has 0 aliphatic carbocycles. The van der Waals surface area contributed by atoms with Gasteiger partial charge in [-0.15, -0.1) is 11.3 Å². The molecule has 94 valence electrons. The normalized spacial score (nSPS) is 10.6. The minimum Gasteiger partial charge on any atom is -0.264 e. The molecule has 2 aromatic heterocycles. The molecule has 0 radical (unpaired) electrons. The average molecular weight is 331 g/mol. The van der Waals surface area contributed by atoms with Crippen LogP contribution in [-0.2, 0) is 0 Å². The van der Waals surface area contributed by atoms with Gasteiger partial charge >= 0.3 is 0 Å². The maximum Gasteiger partial charge on any atom is 0.124 e. The van der Waals surface area contributed by atoms with Crippen molar-refractivity contribution in [2.45, 2.75) is 6.92 Å². The van der Waals surface area contributed by atoms with Crippen LogP contribution in [-0.4, -0.2) is 9.97 Å². The first kappa shape index (κ1) is 12.5. The van der Waals surface area contributed by atoms with E-state index in [0.717, 1.165) is 31.9 Å². The van der Waals surface area contributed by atoms with E-state index in [1.54, 1.807) is 11.3 Å². The van der Waals surface area contributed by atoms with Crippen LogP contribution < -0.4 is 0 Å². The Morgan fingerprint density at radius 1 is 1.21 bits per heavy atom. The molecule has 19 heavy (non-hydrogen) atoms. The molecule has 0 spiro atoms. The lowest BCUT2D eigenvalue weighted by molar-refractivity contribution is 1.26. The van der Waals surface area contributed by atoms with Crippen LogP contribution in [0.2, 0.25) is 0 Å². The number of pyridine rings is 1. The molecule has 2 nitrogen and oxygen atoms in total. The lowest BCUT2D eigenvalue weighted by atomic mass is 10.1. The molecule has 0 unspecified atom stereocenters. The van der Waals surface area contributed by atoms with E-state index >= 15 is 0 Å². The second kappa shape index (κ2) is 5.23. The van der Waals surface area contributed by atoms with Crippen LogP contribution in [0.5, 0.6) is 0 Å². The first-order valence-corrected chi connectivity index (χ1v) is 7.54. The largest absolute Gasteiger partial charge is 0.264 e. The summed E-state index contributed by atoms with van der Waals surface area (Å²) in [5, 5.41) is 3.13. The minimum atomic E-state index is 1.01. The van der Waals surface area contributed by atoms with E-state index in [2.05, 4.69) is 45.4 Å². The van der Waals surface area contributed by atoms with E-state index in [0.29, 0.717) is 0 Å². The predicted octanol–water partition coefficient (Wildman–Crippen LogP) is 4.94. The molecule has 0 N–H and O–H groups in total. The second-order valence-electron chi connectivity index (χ2n) is 4.24. The highest BCUT2D eigenvalue weighted by atomic mass is 79.9. The van der Waals surface area contributed by atoms with Crippen LogP contribution in [0.3, 0.4) is 0 Å². The average Bonchev–Trinajstić information content (AvgIpc) is 2.89. The quantitative estimate of drug-likeness (QED) is 0.664. The van der Waals surface area contributed by atoms with Crippen LogP contribution in [0.25, 0.3) is 21.8 Å². The number of thiazole rings is 1. The number of hydrogen-bond acceptors (Lipinski definition) is 3. The van der Waals surface area contributed by atoms with Gasteiger partial charge in [0.2, 0.25) is 0 Å². The summed E-state index contributed by atoms with van der Waals surface area (Å²) >= 11 is 5.15. The molecule has 0 saturated heterocycles. The van der Waals surface area contributed by atoms with E-state index < -0.39 is 0 Å². The predicted molar refractivity (Wildman–Crippen MR) is 83.2 cm³/mol. The summed E-state index contributed by atoms with van der Waals surface area (Å²) in [4.78, 5) is 8.84. The zero-order valence-corrected chi connectivity index (χ0v) is 12.7. The molecule has 4 heteroatoms. The summed E-state index contributed by atoms with van der Waals surface area (Å²) in [6, 6.07) is 10.2. The molecule has 0 amide bonds. The monoisotopic (exact) mass is 330 g/mol. The van der Waals surface area contributed by atoms with E-state index in [9.17, 15) is 0 Å². The van der Waals surface area contributed by atoms with Crippen molar-refractivity contribution in [3.05, 3.63) is 58.1 Å². The summed E-state index contributed by atoms with van der Waals surface area (Å²) in [5.74, 6) is 0. The van der Waals surface area contributed by atoms with E-state index in [1.165, 1.54) is 0 Å². The molecule has 0 aliphatic rings. The van der Waals surface area contributed by atoms with Crippen molar-refractivity contribution in [1.29, 1.82) is 0 Å². The van der Waals surface area contributed by atoms with Crippen molar-refractivity contribution >= 4 is 27.3 Å². The third-order valence-corrected chi connectivity index (χ3v) is 4.24. The van der Waals surface area contributed by atoms with Gasteiger partial charge in [0.25, 0.3) is 0 Å². The minimum absolute atomic E-state index is 1.01. The third kappa shape index (κ3) is 2.60. The molecule has 1 aromatic carbocycles. The van der Waals surface area contributed by atoms with Gasteiger partial charge in [-0.05, 0) is 30.7 Å². The van der Waals surface area contributed by atoms with Gasteiger partial charge in [0.15, 0.2) is 0 Å². The fourth-order valence-corrected chi connectivity index (χ4v) is 3.21. The first-order chi connectivity index (χ1) is 9.24. The Bertz CT molecular complexity index is 721. The maximum atomic E-state index is 4.72. The van der Waals surface area contributed by atoms with E-state index in [-0.39, 0.29) is 0 Å². The molecule has 0 aliphatic heterocycles. The Balaban J connectivity index is 2.03. The maximum absolute atomic E-state index is 4.72. The van der Waals surface area contributed by atoms with Gasteiger partial charge in [0.05, 0.1) is 5.69 Å². The topological polar surface area (TPSA) is 25.8 Å². The second-order valence-corrected chi connectivity index (χ2v) is 6.01. The van der Waals surface area contributed by atoms with Gasteiger partial charge in [-0.2, -0.15) is 0 Å². The Labute approximate surface area is 124 Å². The summed E-state index contributed by atoms with van der Waals surface area (Å²) in [7, 11) is 0. The molecule has 3 rings (SSSR count). The summed E-state index contributed by atoms with van der Waals surface area (Å²) in [5.41, 5.74) is 4.44. The van der Waals surface area contributed by atoms with Crippen molar-refractivity contribution in [3.63, 3.8) is 0 Å². The van der Waals surface area contributed by atoms with Crippen molar-refractivity contribution in [2.75, 3.05) is 0 Å². The smallest absolute Gasteiger partial charge is 0.124 e. The number of nitrogens with zero attached hydrogens (tertiary/aromatic N) is 2. The zero-order valence-electron chi connectivity index (χ0n) is 10.3. The van der Waals surface area contributed by atoms with Crippen LogP contribution in [0.4, 0.5) is 0 Å². The van der Waals surface area contributed by atoms with Crippen molar-refractivity contribution in [2.24, 2.45) is 0 Å². The van der Waals surface area contributed by atoms with Gasteiger partial charge in [-0.25, -0.2) is 4.98 Å². The van der Waals surface area contributed by atoms with E-state index in [4.69, 9.17) is 4.98 Å². The molecular formula is C15H11BrN2S. The molecular weight excluding hydrogens is 320 g/mol. The standard InChI is InChI=1S/C15H11BrN2S/c1-10-8-17-6-5-13(10)15-18-14(9-19-15)11-3-2-4-12(16)7-11/h2-9H,1H3. The number of rotatable bonds is 2. The SMILES string of the molecule is Cc1cnccc1-c1nc(-c2cccc(Br)c2)cs1. The molecule has 2 heterocycles. The van der Waals surface area contributed by atoms with Gasteiger partial charge in [-0.3, -0.25) is 4.98 Å². The summed E-state index contributed by atoms with van der Waals surface area (Å²) in [6.45, 7) is 2.06. The van der Waals surface area contributed by atoms with Crippen molar-refractivity contribution < 1.29 is 0 Å². The highest BCUT2D eigenvalue weighted by molar-refractivity contribution is 9.10. The Morgan fingerprint density at radius 3 is 2.89 bits per heavy atom.